The summed E-state index contributed by atoms with van der Waals surface area (Å²) < 4.78 is 4.32. The smallest absolute Gasteiger partial charge is 0.203 e. The molecule has 0 fully saturated rings. The summed E-state index contributed by atoms with van der Waals surface area (Å²) in [4.78, 5) is 0. The lowest BCUT2D eigenvalue weighted by atomic mass is 9.67. The first-order chi connectivity index (χ1) is 17.0. The van der Waals surface area contributed by atoms with Gasteiger partial charge in [0, 0.05) is 20.3 Å². The lowest BCUT2D eigenvalue weighted by Crippen LogP contribution is -3.00. The Bertz CT molecular complexity index is 992. The normalized spacial score (nSPS) is 14.2. The number of rotatable bonds is 12. The highest BCUT2D eigenvalue weighted by Gasteiger charge is 2.39. The molecule has 0 unspecified atom stereocenters. The molecule has 3 nitrogen and oxygen atoms in total. The molecule has 0 aliphatic carbocycles. The Morgan fingerprint density at radius 3 is 1.23 bits per heavy atom. The number of aromatic hydroxyl groups is 2. The van der Waals surface area contributed by atoms with Crippen molar-refractivity contribution in [1.29, 1.82) is 0 Å². The largest absolute Gasteiger partial charge is 1.00 e. The summed E-state index contributed by atoms with van der Waals surface area (Å²) in [6, 6.07) is 15.5. The van der Waals surface area contributed by atoms with Gasteiger partial charge in [-0.15, -0.1) is 0 Å². The van der Waals surface area contributed by atoms with E-state index in [2.05, 4.69) is 110 Å². The molecule has 0 aliphatic heterocycles. The highest BCUT2D eigenvalue weighted by molar-refractivity contribution is 14.1. The maximum atomic E-state index is 9.71. The van der Waals surface area contributed by atoms with E-state index in [0.29, 0.717) is 11.5 Å². The fraction of sp³-hybridized carbons (Fsp3) is 0.647. The second-order valence-electron chi connectivity index (χ2n) is 15.7. The van der Waals surface area contributed by atoms with Gasteiger partial charge in [0.1, 0.15) is 11.5 Å². The zero-order valence-corrected chi connectivity index (χ0v) is 30.9. The van der Waals surface area contributed by atoms with Gasteiger partial charge >= 0.3 is 0 Å². The molecule has 39 heavy (non-hydrogen) atoms. The number of nitrogens with one attached hydrogen (secondary N) is 1. The van der Waals surface area contributed by atoms with E-state index >= 15 is 0 Å². The van der Waals surface area contributed by atoms with Crippen LogP contribution in [0.2, 0.25) is 0 Å². The molecule has 2 aromatic carbocycles. The molecule has 3 N–H and O–H groups in total. The van der Waals surface area contributed by atoms with Gasteiger partial charge in [-0.25, -0.2) is 3.15 Å². The van der Waals surface area contributed by atoms with Crippen molar-refractivity contribution in [3.63, 3.8) is 0 Å². The van der Waals surface area contributed by atoms with E-state index in [4.69, 9.17) is 0 Å². The number of alkyl halides is 1. The van der Waals surface area contributed by atoms with Crippen molar-refractivity contribution in [3.8, 4) is 11.5 Å². The fourth-order valence-electron chi connectivity index (χ4n) is 7.20. The summed E-state index contributed by atoms with van der Waals surface area (Å²) in [5, 5.41) is 19.4. The Balaban J connectivity index is 0.00000760. The quantitative estimate of drug-likeness (QED) is 0.191. The third-order valence-electron chi connectivity index (χ3n) is 7.52. The van der Waals surface area contributed by atoms with Crippen molar-refractivity contribution in [2.24, 2.45) is 10.8 Å². The first-order valence-electron chi connectivity index (χ1n) is 14.0. The van der Waals surface area contributed by atoms with Gasteiger partial charge in [-0.3, -0.25) is 0 Å². The van der Waals surface area contributed by atoms with Crippen molar-refractivity contribution in [1.82, 2.24) is 0 Å². The van der Waals surface area contributed by atoms with Gasteiger partial charge in [-0.2, -0.15) is 0 Å². The van der Waals surface area contributed by atoms with E-state index in [1.165, 1.54) is 17.5 Å². The predicted molar refractivity (Wildman–Crippen MR) is 171 cm³/mol. The minimum atomic E-state index is -0.228. The van der Waals surface area contributed by atoms with Gasteiger partial charge in [0.05, 0.1) is 3.42 Å². The number of hydrogen-bond acceptors (Lipinski definition) is 2. The highest BCUT2D eigenvalue weighted by atomic mass is 127. The van der Waals surface area contributed by atoms with E-state index in [-0.39, 0.29) is 75.6 Å². The van der Waals surface area contributed by atoms with E-state index in [9.17, 15) is 10.2 Å². The lowest BCUT2D eigenvalue weighted by Gasteiger charge is -2.39. The molecule has 0 aromatic heterocycles. The van der Waals surface area contributed by atoms with Crippen LogP contribution in [-0.2, 0) is 10.8 Å². The minimum Gasteiger partial charge on any atom is -1.00 e. The summed E-state index contributed by atoms with van der Waals surface area (Å²) in [7, 11) is 0. The Morgan fingerprint density at radius 1 is 0.538 bits per heavy atom. The van der Waals surface area contributed by atoms with E-state index in [1.54, 1.807) is 24.3 Å². The molecule has 0 amide bonds. The first-order valence-corrected chi connectivity index (χ1v) is 16.2. The minimum absolute atomic E-state index is 0. The molecule has 2 rings (SSSR count). The summed E-state index contributed by atoms with van der Waals surface area (Å²) in [6.45, 7) is 28.6. The molecular weight excluding hydrogens is 708 g/mol. The number of phenolic OH excluding ortho intramolecular Hbond substituents is 2. The monoisotopic (exact) mass is 763 g/mol. The summed E-state index contributed by atoms with van der Waals surface area (Å²) >= 11 is -0.228. The van der Waals surface area contributed by atoms with Crippen LogP contribution in [0, 0.1) is 10.8 Å². The average Bonchev–Trinajstić information content (AvgIpc) is 2.70. The SMILES string of the molecule is CC(C)(CC(C)(C)[NH+]=IC(C)(C)CC(C)(C)CC(C)(C)c1ccc(O)cc1)CC(C)(C)c1ccc(O)cc1.[I-]. The molecule has 0 atom stereocenters. The lowest BCUT2D eigenvalue weighted by molar-refractivity contribution is -0.498. The molecule has 2 aromatic rings. The van der Waals surface area contributed by atoms with Gasteiger partial charge in [0.15, 0.2) is 5.54 Å². The zero-order valence-electron chi connectivity index (χ0n) is 26.6. The van der Waals surface area contributed by atoms with Crippen LogP contribution < -0.4 is 27.1 Å². The van der Waals surface area contributed by atoms with Crippen LogP contribution in [0.5, 0.6) is 11.5 Å². The first kappa shape index (κ1) is 36.3. The van der Waals surface area contributed by atoms with Crippen LogP contribution in [0.15, 0.2) is 48.5 Å². The van der Waals surface area contributed by atoms with E-state index < -0.39 is 0 Å². The maximum absolute atomic E-state index is 9.71. The summed E-state index contributed by atoms with van der Waals surface area (Å²) in [6.07, 6.45) is 4.46. The van der Waals surface area contributed by atoms with Gasteiger partial charge in [-0.1, -0.05) is 79.7 Å². The van der Waals surface area contributed by atoms with Crippen LogP contribution in [0.1, 0.15) is 120 Å². The fourth-order valence-corrected chi connectivity index (χ4v) is 10.1. The molecular formula is C34H55I2NO2. The molecule has 0 saturated heterocycles. The van der Waals surface area contributed by atoms with Crippen molar-refractivity contribution in [2.75, 3.05) is 0 Å². The van der Waals surface area contributed by atoms with Gasteiger partial charge in [0.2, 0.25) is 21.0 Å². The number of hydrogen-bond donors (Lipinski definition) is 3. The summed E-state index contributed by atoms with van der Waals surface area (Å²) in [5.41, 5.74) is 3.08. The van der Waals surface area contributed by atoms with Crippen LogP contribution in [0.4, 0.5) is 0 Å². The maximum Gasteiger partial charge on any atom is 0.203 e. The van der Waals surface area contributed by atoms with Gasteiger partial charge < -0.3 is 34.2 Å². The standard InChI is InChI=1S/C34H54INO2.HI/c1-29(2,21-31(5,6)25-13-17-27(37)18-14-25)23-33(9,10)35-36-34(11,12)24-30(3,4)22-32(7,8)26-15-19-28(38)20-16-26;/h13-20,37-38H,21-24H2,1-12H3;1H. The number of phenols is 2. The number of benzene rings is 2. The highest BCUT2D eigenvalue weighted by Crippen LogP contribution is 2.45. The van der Waals surface area contributed by atoms with Gasteiger partial charge in [-0.05, 0) is 90.2 Å². The molecule has 222 valence electrons. The molecule has 0 saturated carbocycles. The van der Waals surface area contributed by atoms with Crippen LogP contribution in [0.3, 0.4) is 0 Å². The Kier molecular flexibility index (Phi) is 12.2. The second-order valence-corrected chi connectivity index (χ2v) is 19.7. The van der Waals surface area contributed by atoms with E-state index in [1.807, 2.05) is 0 Å². The average molecular weight is 764 g/mol. The third-order valence-corrected chi connectivity index (χ3v) is 11.1. The van der Waals surface area contributed by atoms with E-state index in [0.717, 1.165) is 19.3 Å². The number of halogens is 2. The molecule has 0 heterocycles. The molecule has 0 radical (unpaired) electrons. The summed E-state index contributed by atoms with van der Waals surface area (Å²) in [5.74, 6) is 0.656. The van der Waals surface area contributed by atoms with Crippen LogP contribution in [0.25, 0.3) is 0 Å². The zero-order chi connectivity index (χ0) is 29.2. The van der Waals surface area contributed by atoms with Crippen LogP contribution in [-0.4, -0.2) is 19.2 Å². The molecule has 0 bridgehead atoms. The molecule has 0 spiro atoms. The van der Waals surface area contributed by atoms with Crippen LogP contribution >= 0.6 is 21.0 Å². The predicted octanol–water partition coefficient (Wildman–Crippen LogP) is 5.76. The van der Waals surface area contributed by atoms with Crippen molar-refractivity contribution in [2.45, 2.75) is 129 Å². The molecule has 0 aliphatic rings. The Morgan fingerprint density at radius 2 is 0.872 bits per heavy atom. The Hall–Kier alpha value is -0.700. The van der Waals surface area contributed by atoms with Gasteiger partial charge in [0.25, 0.3) is 0 Å². The van der Waals surface area contributed by atoms with Crippen molar-refractivity contribution >= 4 is 21.0 Å². The van der Waals surface area contributed by atoms with Crippen molar-refractivity contribution < 1.29 is 37.3 Å². The topological polar surface area (TPSA) is 54.4 Å². The van der Waals surface area contributed by atoms with Crippen molar-refractivity contribution in [3.05, 3.63) is 59.7 Å². The third kappa shape index (κ3) is 12.0. The molecule has 5 heteroatoms. The Labute approximate surface area is 267 Å². The second kappa shape index (κ2) is 13.1.